The molecule has 0 saturated carbocycles. The molecule has 1 aromatic rings. The van der Waals surface area contributed by atoms with E-state index in [2.05, 4.69) is 17.6 Å². The van der Waals surface area contributed by atoms with Crippen LogP contribution in [0.3, 0.4) is 0 Å². The monoisotopic (exact) mass is 265 g/mol. The summed E-state index contributed by atoms with van der Waals surface area (Å²) in [6, 6.07) is 4.32. The highest BCUT2D eigenvalue weighted by Crippen LogP contribution is 2.25. The van der Waals surface area contributed by atoms with Crippen LogP contribution in [0.4, 0.5) is 11.4 Å². The lowest BCUT2D eigenvalue weighted by atomic mass is 10.1. The lowest BCUT2D eigenvalue weighted by molar-refractivity contribution is -0.384. The SMILES string of the molecule is CCCCCNc1cc(C(=O)NC)ccc1[N+](=O)[O-]. The number of nitro groups is 1. The van der Waals surface area contributed by atoms with Gasteiger partial charge in [-0.1, -0.05) is 19.8 Å². The molecule has 104 valence electrons. The van der Waals surface area contributed by atoms with E-state index < -0.39 is 4.92 Å². The van der Waals surface area contributed by atoms with Gasteiger partial charge in [-0.05, 0) is 18.6 Å². The Hall–Kier alpha value is -2.11. The first-order chi connectivity index (χ1) is 9.10. The summed E-state index contributed by atoms with van der Waals surface area (Å²) >= 11 is 0. The van der Waals surface area contributed by atoms with Crippen molar-refractivity contribution in [3.63, 3.8) is 0 Å². The molecular formula is C13H19N3O3. The van der Waals surface area contributed by atoms with E-state index in [0.717, 1.165) is 19.3 Å². The molecule has 1 amide bonds. The van der Waals surface area contributed by atoms with E-state index in [1.54, 1.807) is 0 Å². The first-order valence-electron chi connectivity index (χ1n) is 6.34. The summed E-state index contributed by atoms with van der Waals surface area (Å²) in [5.74, 6) is -0.258. The van der Waals surface area contributed by atoms with Crippen molar-refractivity contribution in [1.82, 2.24) is 5.32 Å². The quantitative estimate of drug-likeness (QED) is 0.451. The van der Waals surface area contributed by atoms with Gasteiger partial charge in [-0.3, -0.25) is 14.9 Å². The Labute approximate surface area is 112 Å². The number of anilines is 1. The van der Waals surface area contributed by atoms with Gasteiger partial charge < -0.3 is 10.6 Å². The summed E-state index contributed by atoms with van der Waals surface area (Å²) < 4.78 is 0. The highest BCUT2D eigenvalue weighted by atomic mass is 16.6. The molecule has 0 aliphatic rings. The Morgan fingerprint density at radius 3 is 2.68 bits per heavy atom. The number of nitrogens with one attached hydrogen (secondary N) is 2. The van der Waals surface area contributed by atoms with Crippen LogP contribution in [0.5, 0.6) is 0 Å². The molecule has 2 N–H and O–H groups in total. The van der Waals surface area contributed by atoms with Crippen molar-refractivity contribution in [2.24, 2.45) is 0 Å². The van der Waals surface area contributed by atoms with Crippen LogP contribution in [-0.4, -0.2) is 24.4 Å². The minimum Gasteiger partial charge on any atom is -0.379 e. The van der Waals surface area contributed by atoms with E-state index >= 15 is 0 Å². The minimum absolute atomic E-state index is 0.0100. The molecule has 6 nitrogen and oxygen atoms in total. The Morgan fingerprint density at radius 2 is 2.11 bits per heavy atom. The van der Waals surface area contributed by atoms with E-state index in [-0.39, 0.29) is 11.6 Å². The third-order valence-electron chi connectivity index (χ3n) is 2.78. The van der Waals surface area contributed by atoms with E-state index in [4.69, 9.17) is 0 Å². The molecule has 0 aromatic heterocycles. The van der Waals surface area contributed by atoms with Crippen LogP contribution in [0.1, 0.15) is 36.5 Å². The predicted molar refractivity (Wildman–Crippen MR) is 74.5 cm³/mol. The third-order valence-corrected chi connectivity index (χ3v) is 2.78. The standard InChI is InChI=1S/C13H19N3O3/c1-3-4-5-8-15-11-9-10(13(17)14-2)6-7-12(11)16(18)19/h6-7,9,15H,3-5,8H2,1-2H3,(H,14,17). The Bertz CT molecular complexity index is 460. The molecule has 0 radical (unpaired) electrons. The van der Waals surface area contributed by atoms with Crippen molar-refractivity contribution in [2.45, 2.75) is 26.2 Å². The summed E-state index contributed by atoms with van der Waals surface area (Å²) in [6.07, 6.45) is 3.09. The largest absolute Gasteiger partial charge is 0.379 e. The van der Waals surface area contributed by atoms with Crippen LogP contribution < -0.4 is 10.6 Å². The lowest BCUT2D eigenvalue weighted by Crippen LogP contribution is -2.18. The van der Waals surface area contributed by atoms with Gasteiger partial charge in [0.1, 0.15) is 5.69 Å². The Balaban J connectivity index is 2.89. The number of nitrogens with zero attached hydrogens (tertiary/aromatic N) is 1. The maximum Gasteiger partial charge on any atom is 0.292 e. The number of carbonyl (C=O) groups is 1. The minimum atomic E-state index is -0.449. The number of carbonyl (C=O) groups excluding carboxylic acids is 1. The topological polar surface area (TPSA) is 84.3 Å². The molecule has 1 rings (SSSR count). The van der Waals surface area contributed by atoms with Gasteiger partial charge in [-0.25, -0.2) is 0 Å². The number of rotatable bonds is 7. The molecule has 0 spiro atoms. The Kier molecular flexibility index (Phi) is 5.78. The van der Waals surface area contributed by atoms with Crippen molar-refractivity contribution in [1.29, 1.82) is 0 Å². The van der Waals surface area contributed by atoms with E-state index in [1.165, 1.54) is 25.2 Å². The maximum atomic E-state index is 11.5. The van der Waals surface area contributed by atoms with E-state index in [9.17, 15) is 14.9 Å². The first kappa shape index (κ1) is 14.9. The van der Waals surface area contributed by atoms with Crippen molar-refractivity contribution >= 4 is 17.3 Å². The van der Waals surface area contributed by atoms with Gasteiger partial charge in [-0.2, -0.15) is 0 Å². The number of unbranched alkanes of at least 4 members (excludes halogenated alkanes) is 2. The van der Waals surface area contributed by atoms with Crippen LogP contribution in [0.2, 0.25) is 0 Å². The molecule has 0 aliphatic carbocycles. The van der Waals surface area contributed by atoms with Gasteiger partial charge in [-0.15, -0.1) is 0 Å². The third kappa shape index (κ3) is 4.24. The van der Waals surface area contributed by atoms with Crippen LogP contribution in [-0.2, 0) is 0 Å². The average molecular weight is 265 g/mol. The summed E-state index contributed by atoms with van der Waals surface area (Å²) in [5, 5.41) is 16.5. The summed E-state index contributed by atoms with van der Waals surface area (Å²) in [5.41, 5.74) is 0.789. The molecule has 6 heteroatoms. The fraction of sp³-hybridized carbons (Fsp3) is 0.462. The van der Waals surface area contributed by atoms with Crippen molar-refractivity contribution in [3.05, 3.63) is 33.9 Å². The van der Waals surface area contributed by atoms with Crippen molar-refractivity contribution in [3.8, 4) is 0 Å². The number of hydrogen-bond donors (Lipinski definition) is 2. The summed E-state index contributed by atoms with van der Waals surface area (Å²) in [7, 11) is 1.53. The maximum absolute atomic E-state index is 11.5. The zero-order valence-corrected chi connectivity index (χ0v) is 11.2. The number of benzene rings is 1. The molecule has 0 bridgehead atoms. The second-order valence-electron chi connectivity index (χ2n) is 4.20. The van der Waals surface area contributed by atoms with Gasteiger partial charge in [0.2, 0.25) is 0 Å². The molecule has 0 aliphatic heterocycles. The highest BCUT2D eigenvalue weighted by molar-refractivity contribution is 5.95. The van der Waals surface area contributed by atoms with Gasteiger partial charge in [0, 0.05) is 25.2 Å². The summed E-state index contributed by atoms with van der Waals surface area (Å²) in [4.78, 5) is 22.0. The predicted octanol–water partition coefficient (Wildman–Crippen LogP) is 2.56. The van der Waals surface area contributed by atoms with Gasteiger partial charge in [0.15, 0.2) is 0 Å². The molecule has 0 heterocycles. The fourth-order valence-electron chi connectivity index (χ4n) is 1.72. The van der Waals surface area contributed by atoms with Crippen LogP contribution in [0, 0.1) is 10.1 Å². The molecule has 0 fully saturated rings. The molecule has 0 unspecified atom stereocenters. The zero-order chi connectivity index (χ0) is 14.3. The van der Waals surface area contributed by atoms with Crippen molar-refractivity contribution < 1.29 is 9.72 Å². The van der Waals surface area contributed by atoms with Gasteiger partial charge in [0.05, 0.1) is 4.92 Å². The van der Waals surface area contributed by atoms with E-state index in [0.29, 0.717) is 17.8 Å². The Morgan fingerprint density at radius 1 is 1.37 bits per heavy atom. The number of nitro benzene ring substituents is 1. The molecule has 19 heavy (non-hydrogen) atoms. The molecule has 1 aromatic carbocycles. The van der Waals surface area contributed by atoms with Crippen LogP contribution in [0.15, 0.2) is 18.2 Å². The van der Waals surface area contributed by atoms with Crippen LogP contribution >= 0.6 is 0 Å². The normalized spacial score (nSPS) is 10.0. The van der Waals surface area contributed by atoms with E-state index in [1.807, 2.05) is 0 Å². The fourth-order valence-corrected chi connectivity index (χ4v) is 1.72. The average Bonchev–Trinajstić information content (AvgIpc) is 2.42. The molecular weight excluding hydrogens is 246 g/mol. The lowest BCUT2D eigenvalue weighted by Gasteiger charge is -2.08. The number of amides is 1. The second kappa shape index (κ2) is 7.35. The first-order valence-corrected chi connectivity index (χ1v) is 6.34. The van der Waals surface area contributed by atoms with Crippen molar-refractivity contribution in [2.75, 3.05) is 18.9 Å². The molecule has 0 atom stereocenters. The zero-order valence-electron chi connectivity index (χ0n) is 11.2. The van der Waals surface area contributed by atoms with Crippen LogP contribution in [0.25, 0.3) is 0 Å². The van der Waals surface area contributed by atoms with Gasteiger partial charge >= 0.3 is 0 Å². The summed E-state index contributed by atoms with van der Waals surface area (Å²) in [6.45, 7) is 2.75. The van der Waals surface area contributed by atoms with Gasteiger partial charge in [0.25, 0.3) is 11.6 Å². The highest BCUT2D eigenvalue weighted by Gasteiger charge is 2.15. The molecule has 0 saturated heterocycles. The second-order valence-corrected chi connectivity index (χ2v) is 4.20. The smallest absolute Gasteiger partial charge is 0.292 e. The number of hydrogen-bond acceptors (Lipinski definition) is 4.